The third-order valence-electron chi connectivity index (χ3n) is 8.69. The second-order valence-corrected chi connectivity index (χ2v) is 13.9. The predicted octanol–water partition coefficient (Wildman–Crippen LogP) is 10.6. The molecule has 0 amide bonds. The van der Waals surface area contributed by atoms with Crippen LogP contribution in [0.2, 0.25) is 0 Å². The molecule has 1 aliphatic carbocycles. The summed E-state index contributed by atoms with van der Waals surface area (Å²) < 4.78 is 30.3. The van der Waals surface area contributed by atoms with Crippen LogP contribution in [-0.2, 0) is 30.9 Å². The van der Waals surface area contributed by atoms with E-state index in [0.29, 0.717) is 11.3 Å². The van der Waals surface area contributed by atoms with Crippen molar-refractivity contribution in [2.75, 3.05) is 0 Å². The van der Waals surface area contributed by atoms with E-state index in [4.69, 9.17) is 13.5 Å². The summed E-state index contributed by atoms with van der Waals surface area (Å²) in [6, 6.07) is 27.6. The minimum Gasteiger partial charge on any atom is -0.486 e. The first-order valence-electron chi connectivity index (χ1n) is 16.4. The Morgan fingerprint density at radius 2 is 1.67 bits per heavy atom. The molecule has 1 radical (unpaired) electrons. The molecular formula is C39H35IrN3OS-2. The third-order valence-corrected chi connectivity index (χ3v) is 10.2. The van der Waals surface area contributed by atoms with E-state index in [0.717, 1.165) is 39.7 Å². The van der Waals surface area contributed by atoms with Crippen molar-refractivity contribution in [1.82, 2.24) is 15.0 Å². The average Bonchev–Trinajstić information content (AvgIpc) is 3.64. The molecule has 8 rings (SSSR count). The van der Waals surface area contributed by atoms with Crippen molar-refractivity contribution in [2.24, 2.45) is 0 Å². The van der Waals surface area contributed by atoms with Crippen LogP contribution in [0, 0.1) is 25.9 Å². The van der Waals surface area contributed by atoms with Crippen molar-refractivity contribution in [3.05, 3.63) is 113 Å². The molecule has 0 saturated carbocycles. The summed E-state index contributed by atoms with van der Waals surface area (Å²) in [5.41, 5.74) is 7.46. The average molecular weight is 789 g/mol. The summed E-state index contributed by atoms with van der Waals surface area (Å²) in [5, 5.41) is 2.90. The number of rotatable bonds is 2. The summed E-state index contributed by atoms with van der Waals surface area (Å²) in [6.07, 6.45) is 6.22. The summed E-state index contributed by atoms with van der Waals surface area (Å²) in [5.74, 6) is 0. The largest absolute Gasteiger partial charge is 0.486 e. The Morgan fingerprint density at radius 1 is 0.844 bits per heavy atom. The summed E-state index contributed by atoms with van der Waals surface area (Å²) in [4.78, 5) is 14.9. The number of aromatic nitrogens is 3. The van der Waals surface area contributed by atoms with E-state index in [1.165, 1.54) is 32.5 Å². The number of furan rings is 1. The zero-order valence-electron chi connectivity index (χ0n) is 28.9. The molecular weight excluding hydrogens is 751 g/mol. The second kappa shape index (κ2) is 11.9. The van der Waals surface area contributed by atoms with Crippen LogP contribution in [0.3, 0.4) is 0 Å². The number of pyridine rings is 3. The SMILES string of the molecule is Cc1ccc(-c2[c-]cccc2)nc1.[2H]C([2H])([2H])c1ccc2c(n1)oc1c(-c3cc4sc5c(c4cn3)C(C)(C)CCC5(C)C)[c-]ccc12.[Ir]. The Labute approximate surface area is 286 Å². The molecule has 0 aliphatic heterocycles. The van der Waals surface area contributed by atoms with Crippen molar-refractivity contribution < 1.29 is 28.6 Å². The Balaban J connectivity index is 0.000000241. The van der Waals surface area contributed by atoms with Gasteiger partial charge in [-0.1, -0.05) is 56.8 Å². The van der Waals surface area contributed by atoms with Gasteiger partial charge >= 0.3 is 0 Å². The first-order chi connectivity index (χ1) is 22.3. The molecule has 5 aromatic heterocycles. The van der Waals surface area contributed by atoms with Gasteiger partial charge in [-0.3, -0.25) is 0 Å². The normalized spacial score (nSPS) is 16.2. The van der Waals surface area contributed by atoms with E-state index in [-0.39, 0.29) is 36.6 Å². The van der Waals surface area contributed by atoms with Gasteiger partial charge in [0.15, 0.2) is 0 Å². The first kappa shape index (κ1) is 27.6. The van der Waals surface area contributed by atoms with Gasteiger partial charge in [0.25, 0.3) is 0 Å². The number of hydrogen-bond acceptors (Lipinski definition) is 5. The minimum absolute atomic E-state index is 0. The van der Waals surface area contributed by atoms with Gasteiger partial charge < -0.3 is 14.4 Å². The van der Waals surface area contributed by atoms with E-state index in [1.54, 1.807) is 12.1 Å². The molecule has 0 fully saturated rings. The molecule has 0 unspecified atom stereocenters. The van der Waals surface area contributed by atoms with Gasteiger partial charge in [-0.05, 0) is 72.1 Å². The van der Waals surface area contributed by atoms with Gasteiger partial charge in [-0.15, -0.1) is 65.4 Å². The molecule has 0 atom stereocenters. The van der Waals surface area contributed by atoms with Crippen molar-refractivity contribution in [2.45, 2.75) is 65.1 Å². The smallest absolute Gasteiger partial charge is 0.216 e. The molecule has 229 valence electrons. The number of nitrogens with zero attached hydrogens (tertiary/aromatic N) is 3. The maximum Gasteiger partial charge on any atom is 0.216 e. The molecule has 7 aromatic rings. The molecule has 2 aromatic carbocycles. The number of fused-ring (bicyclic) bond motifs is 6. The zero-order chi connectivity index (χ0) is 33.1. The van der Waals surface area contributed by atoms with Crippen LogP contribution >= 0.6 is 11.3 Å². The Kier molecular flexibility index (Phi) is 7.30. The van der Waals surface area contributed by atoms with Gasteiger partial charge in [0.1, 0.15) is 0 Å². The van der Waals surface area contributed by atoms with Crippen LogP contribution in [0.4, 0.5) is 0 Å². The maximum absolute atomic E-state index is 7.66. The molecule has 4 nitrogen and oxygen atoms in total. The van der Waals surface area contributed by atoms with Crippen LogP contribution in [-0.4, -0.2) is 15.0 Å². The Hall–Kier alpha value is -3.70. The fourth-order valence-corrected chi connectivity index (χ4v) is 7.66. The van der Waals surface area contributed by atoms with Crippen LogP contribution < -0.4 is 0 Å². The number of hydrogen-bond donors (Lipinski definition) is 0. The molecule has 0 N–H and O–H groups in total. The van der Waals surface area contributed by atoms with Gasteiger partial charge in [0, 0.05) is 62.7 Å². The standard InChI is InChI=1S/C27H25N2OS.C12H10N.Ir/c1-15-9-10-17-16-7-6-8-18(23(16)30-25(17)29-15)20-13-21-19(14-28-20)22-24(31-21)27(4,5)12-11-26(22,2)3;1-10-7-8-12(13-9-10)11-5-3-2-4-6-11;/h6-7,9-10,13-14H,11-12H2,1-5H3;2-5,7-9H,1H3;/q2*-1;/i1D3;;. The summed E-state index contributed by atoms with van der Waals surface area (Å²) >= 11 is 1.87. The van der Waals surface area contributed by atoms with Gasteiger partial charge in [-0.2, -0.15) is 0 Å². The van der Waals surface area contributed by atoms with Gasteiger partial charge in [-0.25, -0.2) is 4.98 Å². The fourth-order valence-electron chi connectivity index (χ4n) is 6.13. The minimum atomic E-state index is -2.28. The van der Waals surface area contributed by atoms with E-state index in [1.807, 2.05) is 73.1 Å². The Bertz CT molecular complexity index is 2260. The third kappa shape index (κ3) is 5.76. The topological polar surface area (TPSA) is 51.8 Å². The zero-order valence-corrected chi connectivity index (χ0v) is 29.1. The van der Waals surface area contributed by atoms with Gasteiger partial charge in [0.2, 0.25) is 5.71 Å². The van der Waals surface area contributed by atoms with Crippen LogP contribution in [0.15, 0.2) is 83.5 Å². The van der Waals surface area contributed by atoms with Gasteiger partial charge in [0.05, 0.1) is 5.58 Å². The fraction of sp³-hybridized carbons (Fsp3) is 0.256. The molecule has 6 heteroatoms. The number of benzene rings is 2. The van der Waals surface area contributed by atoms with Crippen LogP contribution in [0.5, 0.6) is 0 Å². The van der Waals surface area contributed by atoms with Crippen LogP contribution in [0.1, 0.15) is 66.3 Å². The second-order valence-electron chi connectivity index (χ2n) is 12.9. The monoisotopic (exact) mass is 789 g/mol. The number of aryl methyl sites for hydroxylation is 2. The van der Waals surface area contributed by atoms with Crippen molar-refractivity contribution in [3.8, 4) is 22.5 Å². The van der Waals surface area contributed by atoms with E-state index >= 15 is 0 Å². The molecule has 1 aliphatic rings. The molecule has 0 bridgehead atoms. The summed E-state index contributed by atoms with van der Waals surface area (Å²) in [6.45, 7) is 9.11. The van der Waals surface area contributed by atoms with Crippen molar-refractivity contribution >= 4 is 43.5 Å². The Morgan fingerprint density at radius 3 is 2.42 bits per heavy atom. The van der Waals surface area contributed by atoms with Crippen molar-refractivity contribution in [3.63, 3.8) is 0 Å². The molecule has 5 heterocycles. The molecule has 0 saturated heterocycles. The van der Waals surface area contributed by atoms with E-state index in [2.05, 4.69) is 61.9 Å². The van der Waals surface area contributed by atoms with E-state index < -0.39 is 6.85 Å². The first-order valence-corrected chi connectivity index (χ1v) is 15.7. The molecule has 0 spiro atoms. The predicted molar refractivity (Wildman–Crippen MR) is 182 cm³/mol. The van der Waals surface area contributed by atoms with E-state index in [9.17, 15) is 0 Å². The maximum atomic E-state index is 7.66. The van der Waals surface area contributed by atoms with Crippen molar-refractivity contribution in [1.29, 1.82) is 0 Å². The molecule has 45 heavy (non-hydrogen) atoms. The number of thiophene rings is 1. The summed E-state index contributed by atoms with van der Waals surface area (Å²) in [7, 11) is 0. The van der Waals surface area contributed by atoms with Crippen LogP contribution in [0.25, 0.3) is 54.7 Å². The quantitative estimate of drug-likeness (QED) is 0.164.